The van der Waals surface area contributed by atoms with E-state index < -0.39 is 0 Å². The number of aromatic nitrogens is 2. The van der Waals surface area contributed by atoms with E-state index in [-0.39, 0.29) is 11.9 Å². The molecule has 5 nitrogen and oxygen atoms in total. The van der Waals surface area contributed by atoms with Crippen LogP contribution in [-0.2, 0) is 0 Å². The molecule has 2 N–H and O–H groups in total. The summed E-state index contributed by atoms with van der Waals surface area (Å²) in [7, 11) is 0. The molecular formula is C15H17BrN4O. The molecule has 1 fully saturated rings. The Morgan fingerprint density at radius 2 is 2.29 bits per heavy atom. The molecule has 21 heavy (non-hydrogen) atoms. The fraction of sp³-hybridized carbons (Fsp3) is 0.333. The Labute approximate surface area is 131 Å². The molecule has 0 spiro atoms. The molecule has 1 aromatic heterocycles. The van der Waals surface area contributed by atoms with Crippen LogP contribution < -0.4 is 5.73 Å². The highest BCUT2D eigenvalue weighted by atomic mass is 79.9. The SMILES string of the molecule is NC[C@H]1CCCN1C(=O)c1ccn(-c2cccc(Br)c2)n1. The molecule has 2 aromatic rings. The first-order valence-corrected chi connectivity index (χ1v) is 7.81. The van der Waals surface area contributed by atoms with Crippen molar-refractivity contribution in [3.8, 4) is 5.69 Å². The Kier molecular flexibility index (Phi) is 4.07. The molecule has 110 valence electrons. The molecule has 3 rings (SSSR count). The van der Waals surface area contributed by atoms with Crippen LogP contribution in [-0.4, -0.2) is 39.7 Å². The number of hydrogen-bond donors (Lipinski definition) is 1. The lowest BCUT2D eigenvalue weighted by Crippen LogP contribution is -2.40. The second-order valence-electron chi connectivity index (χ2n) is 5.16. The molecule has 1 amide bonds. The number of nitrogens with zero attached hydrogens (tertiary/aromatic N) is 3. The average Bonchev–Trinajstić information content (AvgIpc) is 3.15. The van der Waals surface area contributed by atoms with Crippen LogP contribution >= 0.6 is 15.9 Å². The van der Waals surface area contributed by atoms with Crippen LogP contribution in [0.4, 0.5) is 0 Å². The summed E-state index contributed by atoms with van der Waals surface area (Å²) in [5.41, 5.74) is 7.11. The highest BCUT2D eigenvalue weighted by molar-refractivity contribution is 9.10. The molecule has 2 heterocycles. The fourth-order valence-electron chi connectivity index (χ4n) is 2.70. The smallest absolute Gasteiger partial charge is 0.274 e. The van der Waals surface area contributed by atoms with Crippen LogP contribution in [0.5, 0.6) is 0 Å². The number of benzene rings is 1. The van der Waals surface area contributed by atoms with Crippen molar-refractivity contribution < 1.29 is 4.79 Å². The Morgan fingerprint density at radius 3 is 3.05 bits per heavy atom. The molecule has 0 saturated carbocycles. The standard InChI is InChI=1S/C15H17BrN4O/c16-11-3-1-4-12(9-11)20-8-6-14(18-20)15(21)19-7-2-5-13(19)10-17/h1,3-4,6,8-9,13H,2,5,7,10,17H2/t13-/m1/s1. The lowest BCUT2D eigenvalue weighted by Gasteiger charge is -2.22. The number of rotatable bonds is 3. The first-order valence-electron chi connectivity index (χ1n) is 7.01. The van der Waals surface area contributed by atoms with Crippen molar-refractivity contribution in [2.75, 3.05) is 13.1 Å². The normalized spacial score (nSPS) is 18.2. The summed E-state index contributed by atoms with van der Waals surface area (Å²) < 4.78 is 2.69. The van der Waals surface area contributed by atoms with Crippen LogP contribution in [0.3, 0.4) is 0 Å². The van der Waals surface area contributed by atoms with Gasteiger partial charge >= 0.3 is 0 Å². The fourth-order valence-corrected chi connectivity index (χ4v) is 3.08. The zero-order chi connectivity index (χ0) is 14.8. The van der Waals surface area contributed by atoms with E-state index >= 15 is 0 Å². The number of nitrogens with two attached hydrogens (primary N) is 1. The van der Waals surface area contributed by atoms with Crippen LogP contribution in [0.25, 0.3) is 5.69 Å². The monoisotopic (exact) mass is 348 g/mol. The van der Waals surface area contributed by atoms with Gasteiger partial charge in [0.25, 0.3) is 5.91 Å². The van der Waals surface area contributed by atoms with Gasteiger partial charge in [0.15, 0.2) is 5.69 Å². The van der Waals surface area contributed by atoms with E-state index in [1.165, 1.54) is 0 Å². The summed E-state index contributed by atoms with van der Waals surface area (Å²) in [6, 6.07) is 9.70. The lowest BCUT2D eigenvalue weighted by molar-refractivity contribution is 0.0735. The Morgan fingerprint density at radius 1 is 1.43 bits per heavy atom. The van der Waals surface area contributed by atoms with E-state index in [0.29, 0.717) is 12.2 Å². The van der Waals surface area contributed by atoms with E-state index in [0.717, 1.165) is 29.5 Å². The van der Waals surface area contributed by atoms with Gasteiger partial charge in [-0.25, -0.2) is 4.68 Å². The van der Waals surface area contributed by atoms with Crippen LogP contribution in [0.2, 0.25) is 0 Å². The van der Waals surface area contributed by atoms with E-state index in [4.69, 9.17) is 5.73 Å². The first-order chi connectivity index (χ1) is 10.2. The molecule has 1 aliphatic heterocycles. The van der Waals surface area contributed by atoms with Crippen molar-refractivity contribution in [3.63, 3.8) is 0 Å². The van der Waals surface area contributed by atoms with Gasteiger partial charge in [0.2, 0.25) is 0 Å². The molecule has 0 unspecified atom stereocenters. The molecular weight excluding hydrogens is 332 g/mol. The number of halogens is 1. The highest BCUT2D eigenvalue weighted by Crippen LogP contribution is 2.20. The van der Waals surface area contributed by atoms with Gasteiger partial charge in [-0.2, -0.15) is 5.10 Å². The number of amides is 1. The molecule has 1 atom stereocenters. The van der Waals surface area contributed by atoms with Gasteiger partial charge in [0.1, 0.15) is 0 Å². The maximum Gasteiger partial charge on any atom is 0.274 e. The van der Waals surface area contributed by atoms with Gasteiger partial charge in [-0.15, -0.1) is 0 Å². The molecule has 1 aromatic carbocycles. The van der Waals surface area contributed by atoms with E-state index in [9.17, 15) is 4.79 Å². The predicted molar refractivity (Wildman–Crippen MR) is 84.4 cm³/mol. The second kappa shape index (κ2) is 5.99. The van der Waals surface area contributed by atoms with Crippen LogP contribution in [0, 0.1) is 0 Å². The maximum atomic E-state index is 12.5. The summed E-state index contributed by atoms with van der Waals surface area (Å²) in [6.07, 6.45) is 3.80. The van der Waals surface area contributed by atoms with Gasteiger partial charge < -0.3 is 10.6 Å². The zero-order valence-electron chi connectivity index (χ0n) is 11.6. The van der Waals surface area contributed by atoms with E-state index in [1.54, 1.807) is 10.7 Å². The minimum atomic E-state index is -0.0308. The number of carbonyl (C=O) groups excluding carboxylic acids is 1. The van der Waals surface area contributed by atoms with Gasteiger partial charge in [-0.1, -0.05) is 22.0 Å². The van der Waals surface area contributed by atoms with Crippen LogP contribution in [0.15, 0.2) is 41.0 Å². The van der Waals surface area contributed by atoms with Crippen molar-refractivity contribution in [1.82, 2.24) is 14.7 Å². The third-order valence-corrected chi connectivity index (χ3v) is 4.28. The van der Waals surface area contributed by atoms with Crippen molar-refractivity contribution >= 4 is 21.8 Å². The quantitative estimate of drug-likeness (QED) is 0.924. The average molecular weight is 349 g/mol. The highest BCUT2D eigenvalue weighted by Gasteiger charge is 2.29. The molecule has 0 radical (unpaired) electrons. The van der Waals surface area contributed by atoms with Gasteiger partial charge in [-0.05, 0) is 37.1 Å². The molecule has 1 aliphatic rings. The van der Waals surface area contributed by atoms with Gasteiger partial charge in [0.05, 0.1) is 5.69 Å². The Hall–Kier alpha value is -1.66. The molecule has 0 bridgehead atoms. The second-order valence-corrected chi connectivity index (χ2v) is 6.07. The van der Waals surface area contributed by atoms with Crippen molar-refractivity contribution in [2.45, 2.75) is 18.9 Å². The summed E-state index contributed by atoms with van der Waals surface area (Å²) in [4.78, 5) is 14.4. The Bertz CT molecular complexity index is 655. The van der Waals surface area contributed by atoms with Gasteiger partial charge in [0, 0.05) is 29.8 Å². The minimum Gasteiger partial charge on any atom is -0.333 e. The van der Waals surface area contributed by atoms with Gasteiger partial charge in [-0.3, -0.25) is 4.79 Å². The van der Waals surface area contributed by atoms with E-state index in [1.807, 2.05) is 35.4 Å². The molecule has 1 saturated heterocycles. The summed E-state index contributed by atoms with van der Waals surface area (Å²) in [5.74, 6) is -0.0308. The topological polar surface area (TPSA) is 64.2 Å². The number of likely N-dealkylation sites (tertiary alicyclic amines) is 1. The van der Waals surface area contributed by atoms with Crippen LogP contribution in [0.1, 0.15) is 23.3 Å². The number of carbonyl (C=O) groups is 1. The largest absolute Gasteiger partial charge is 0.333 e. The third kappa shape index (κ3) is 2.87. The Balaban J connectivity index is 1.83. The molecule has 0 aliphatic carbocycles. The van der Waals surface area contributed by atoms with Crippen molar-refractivity contribution in [1.29, 1.82) is 0 Å². The summed E-state index contributed by atoms with van der Waals surface area (Å²) in [5, 5.41) is 4.40. The van der Waals surface area contributed by atoms with Crippen molar-refractivity contribution in [3.05, 3.63) is 46.7 Å². The molecule has 6 heteroatoms. The first kappa shape index (κ1) is 14.3. The summed E-state index contributed by atoms with van der Waals surface area (Å²) >= 11 is 3.44. The van der Waals surface area contributed by atoms with E-state index in [2.05, 4.69) is 21.0 Å². The zero-order valence-corrected chi connectivity index (χ0v) is 13.2. The maximum absolute atomic E-state index is 12.5. The van der Waals surface area contributed by atoms with Crippen molar-refractivity contribution in [2.24, 2.45) is 5.73 Å². The lowest BCUT2D eigenvalue weighted by atomic mass is 10.2. The third-order valence-electron chi connectivity index (χ3n) is 3.79. The predicted octanol–water partition coefficient (Wildman–Crippen LogP) is 2.20. The minimum absolute atomic E-state index is 0.0308. The summed E-state index contributed by atoms with van der Waals surface area (Å²) in [6.45, 7) is 1.28. The number of hydrogen-bond acceptors (Lipinski definition) is 3.